The molecule has 0 saturated carbocycles. The van der Waals surface area contributed by atoms with Gasteiger partial charge in [0.15, 0.2) is 6.61 Å². The average Bonchev–Trinajstić information content (AvgIpc) is 3.01. The summed E-state index contributed by atoms with van der Waals surface area (Å²) in [7, 11) is 3.10. The lowest BCUT2D eigenvalue weighted by Gasteiger charge is -2.17. The van der Waals surface area contributed by atoms with Crippen molar-refractivity contribution in [3.63, 3.8) is 0 Å². The van der Waals surface area contributed by atoms with Gasteiger partial charge in [-0.3, -0.25) is 4.79 Å². The predicted molar refractivity (Wildman–Crippen MR) is 104 cm³/mol. The van der Waals surface area contributed by atoms with E-state index in [0.29, 0.717) is 33.7 Å². The number of hydrogen-bond donors (Lipinski definition) is 1. The molecule has 1 N–H and O–H groups in total. The molecule has 0 aliphatic heterocycles. The molecule has 3 rings (SSSR count). The summed E-state index contributed by atoms with van der Waals surface area (Å²) in [5, 5.41) is 13.0. The molecule has 1 aromatic carbocycles. The Hall–Kier alpha value is -2.72. The van der Waals surface area contributed by atoms with Gasteiger partial charge in [0.1, 0.15) is 28.3 Å². The normalized spacial score (nSPS) is 15.4. The molecule has 0 fully saturated rings. The third-order valence-electron chi connectivity index (χ3n) is 4.57. The van der Waals surface area contributed by atoms with Gasteiger partial charge in [-0.2, -0.15) is 5.26 Å². The SMILES string of the molecule is COc1cc(OC)cc(OCC(=O)Nc2sc3c(c2C#N)CC[C@H](C)C3)c1. The minimum Gasteiger partial charge on any atom is -0.496 e. The molecule has 142 valence electrons. The third kappa shape index (κ3) is 4.34. The van der Waals surface area contributed by atoms with Crippen molar-refractivity contribution in [2.75, 3.05) is 26.1 Å². The molecule has 27 heavy (non-hydrogen) atoms. The van der Waals surface area contributed by atoms with Gasteiger partial charge >= 0.3 is 0 Å². The van der Waals surface area contributed by atoms with Crippen molar-refractivity contribution in [2.45, 2.75) is 26.2 Å². The molecule has 1 atom stereocenters. The monoisotopic (exact) mass is 386 g/mol. The molecule has 0 saturated heterocycles. The Kier molecular flexibility index (Phi) is 5.87. The Morgan fingerprint density at radius 2 is 1.93 bits per heavy atom. The lowest BCUT2D eigenvalue weighted by atomic mass is 9.89. The second-order valence-corrected chi connectivity index (χ2v) is 7.66. The molecular weight excluding hydrogens is 364 g/mol. The van der Waals surface area contributed by atoms with Gasteiger partial charge in [-0.1, -0.05) is 6.92 Å². The molecule has 1 aliphatic carbocycles. The molecule has 0 unspecified atom stereocenters. The number of benzene rings is 1. The van der Waals surface area contributed by atoms with E-state index < -0.39 is 0 Å². The maximum absolute atomic E-state index is 12.3. The van der Waals surface area contributed by atoms with Crippen molar-refractivity contribution in [3.05, 3.63) is 34.2 Å². The first-order valence-electron chi connectivity index (χ1n) is 8.74. The van der Waals surface area contributed by atoms with Gasteiger partial charge in [0.2, 0.25) is 0 Å². The summed E-state index contributed by atoms with van der Waals surface area (Å²) < 4.78 is 15.9. The van der Waals surface area contributed by atoms with E-state index in [1.54, 1.807) is 32.4 Å². The second kappa shape index (κ2) is 8.31. The van der Waals surface area contributed by atoms with Crippen LogP contribution in [0.15, 0.2) is 18.2 Å². The Labute approximate surface area is 162 Å². The molecule has 1 aliphatic rings. The first kappa shape index (κ1) is 19.1. The number of carbonyl (C=O) groups excluding carboxylic acids is 1. The van der Waals surface area contributed by atoms with E-state index in [9.17, 15) is 10.1 Å². The van der Waals surface area contributed by atoms with Crippen molar-refractivity contribution in [1.82, 2.24) is 0 Å². The number of methoxy groups -OCH3 is 2. The highest BCUT2D eigenvalue weighted by atomic mass is 32.1. The lowest BCUT2D eigenvalue weighted by molar-refractivity contribution is -0.118. The van der Waals surface area contributed by atoms with E-state index in [1.165, 1.54) is 16.2 Å². The Morgan fingerprint density at radius 3 is 2.56 bits per heavy atom. The molecule has 2 aromatic rings. The topological polar surface area (TPSA) is 80.6 Å². The Morgan fingerprint density at radius 1 is 1.26 bits per heavy atom. The fourth-order valence-corrected chi connectivity index (χ4v) is 4.51. The molecule has 1 aromatic heterocycles. The van der Waals surface area contributed by atoms with Gasteiger partial charge < -0.3 is 19.5 Å². The zero-order valence-corrected chi connectivity index (χ0v) is 16.4. The summed E-state index contributed by atoms with van der Waals surface area (Å²) in [5.41, 5.74) is 1.69. The van der Waals surface area contributed by atoms with Crippen LogP contribution in [0.1, 0.15) is 29.3 Å². The number of nitrogens with one attached hydrogen (secondary N) is 1. The summed E-state index contributed by atoms with van der Waals surface area (Å²) in [4.78, 5) is 13.5. The second-order valence-electron chi connectivity index (χ2n) is 6.55. The summed E-state index contributed by atoms with van der Waals surface area (Å²) in [5.74, 6) is 1.94. The van der Waals surface area contributed by atoms with Crippen LogP contribution in [0, 0.1) is 17.2 Å². The predicted octanol–water partition coefficient (Wildman–Crippen LogP) is 3.78. The fourth-order valence-electron chi connectivity index (χ4n) is 3.13. The molecule has 0 radical (unpaired) electrons. The van der Waals surface area contributed by atoms with Crippen LogP contribution in [0.4, 0.5) is 5.00 Å². The van der Waals surface area contributed by atoms with E-state index >= 15 is 0 Å². The van der Waals surface area contributed by atoms with Crippen LogP contribution in [0.2, 0.25) is 0 Å². The zero-order valence-electron chi connectivity index (χ0n) is 15.6. The number of fused-ring (bicyclic) bond motifs is 1. The van der Waals surface area contributed by atoms with Crippen LogP contribution in [-0.2, 0) is 17.6 Å². The maximum Gasteiger partial charge on any atom is 0.262 e. The molecule has 0 bridgehead atoms. The van der Waals surface area contributed by atoms with Crippen LogP contribution in [-0.4, -0.2) is 26.7 Å². The van der Waals surface area contributed by atoms with Crippen LogP contribution in [0.3, 0.4) is 0 Å². The summed E-state index contributed by atoms with van der Waals surface area (Å²) in [6.07, 6.45) is 2.93. The van der Waals surface area contributed by atoms with Gasteiger partial charge in [-0.05, 0) is 30.7 Å². The summed E-state index contributed by atoms with van der Waals surface area (Å²) >= 11 is 1.50. The average molecular weight is 386 g/mol. The quantitative estimate of drug-likeness (QED) is 0.817. The molecule has 7 heteroatoms. The largest absolute Gasteiger partial charge is 0.496 e. The first-order valence-corrected chi connectivity index (χ1v) is 9.56. The van der Waals surface area contributed by atoms with E-state index in [2.05, 4.69) is 18.3 Å². The van der Waals surface area contributed by atoms with E-state index in [-0.39, 0.29) is 12.5 Å². The minimum atomic E-state index is -0.306. The third-order valence-corrected chi connectivity index (χ3v) is 5.74. The highest BCUT2D eigenvalue weighted by Crippen LogP contribution is 2.39. The van der Waals surface area contributed by atoms with Gasteiger partial charge in [0, 0.05) is 23.1 Å². The van der Waals surface area contributed by atoms with Crippen molar-refractivity contribution in [2.24, 2.45) is 5.92 Å². The maximum atomic E-state index is 12.3. The Bertz CT molecular complexity index is 863. The van der Waals surface area contributed by atoms with Gasteiger partial charge in [0.05, 0.1) is 19.8 Å². The Balaban J connectivity index is 1.68. The first-order chi connectivity index (χ1) is 13.0. The number of carbonyl (C=O) groups is 1. The molecule has 1 heterocycles. The lowest BCUT2D eigenvalue weighted by Crippen LogP contribution is -2.20. The van der Waals surface area contributed by atoms with Gasteiger partial charge in [-0.25, -0.2) is 0 Å². The van der Waals surface area contributed by atoms with Crippen LogP contribution >= 0.6 is 11.3 Å². The number of thiophene rings is 1. The number of nitriles is 1. The van der Waals surface area contributed by atoms with Crippen molar-refractivity contribution < 1.29 is 19.0 Å². The standard InChI is InChI=1S/C20H22N2O4S/c1-12-4-5-16-17(10-21)20(27-18(16)6-12)22-19(23)11-26-15-8-13(24-2)7-14(9-15)25-3/h7-9,12H,4-6,11H2,1-3H3,(H,22,23)/t12-/m0/s1. The smallest absolute Gasteiger partial charge is 0.262 e. The van der Waals surface area contributed by atoms with E-state index in [4.69, 9.17) is 14.2 Å². The molecule has 6 nitrogen and oxygen atoms in total. The molecule has 0 spiro atoms. The number of amides is 1. The van der Waals surface area contributed by atoms with Gasteiger partial charge in [0.25, 0.3) is 5.91 Å². The number of ether oxygens (including phenoxy) is 3. The summed E-state index contributed by atoms with van der Waals surface area (Å²) in [6.45, 7) is 2.05. The summed E-state index contributed by atoms with van der Waals surface area (Å²) in [6, 6.07) is 7.34. The van der Waals surface area contributed by atoms with Crippen LogP contribution < -0.4 is 19.5 Å². The van der Waals surface area contributed by atoms with E-state index in [1.807, 2.05) is 0 Å². The fraction of sp³-hybridized carbons (Fsp3) is 0.400. The minimum absolute atomic E-state index is 0.167. The van der Waals surface area contributed by atoms with Crippen LogP contribution in [0.5, 0.6) is 17.2 Å². The number of hydrogen-bond acceptors (Lipinski definition) is 6. The van der Waals surface area contributed by atoms with E-state index in [0.717, 1.165) is 24.8 Å². The number of rotatable bonds is 6. The highest BCUT2D eigenvalue weighted by Gasteiger charge is 2.24. The molecule has 1 amide bonds. The van der Waals surface area contributed by atoms with Crippen molar-refractivity contribution >= 4 is 22.2 Å². The van der Waals surface area contributed by atoms with Crippen LogP contribution in [0.25, 0.3) is 0 Å². The number of nitrogens with zero attached hydrogens (tertiary/aromatic N) is 1. The zero-order chi connectivity index (χ0) is 19.4. The van der Waals surface area contributed by atoms with Crippen molar-refractivity contribution in [1.29, 1.82) is 5.26 Å². The number of anilines is 1. The highest BCUT2D eigenvalue weighted by molar-refractivity contribution is 7.16. The molecular formula is C20H22N2O4S. The van der Waals surface area contributed by atoms with Crippen molar-refractivity contribution in [3.8, 4) is 23.3 Å². The van der Waals surface area contributed by atoms with Gasteiger partial charge in [-0.15, -0.1) is 11.3 Å².